The fourth-order valence-corrected chi connectivity index (χ4v) is 3.62. The standard InChI is InChI=1S/C14H17FN2O2S2/c1-3-20-7-9(2)17-12-6-10(15)4-5-11(12)16-14(17)21-8-13(18)19/h4-6,9H,3,7-8H2,1-2H3,(H,18,19). The van der Waals surface area contributed by atoms with E-state index in [2.05, 4.69) is 11.9 Å². The maximum atomic E-state index is 13.5. The van der Waals surface area contributed by atoms with Crippen LogP contribution in [0.5, 0.6) is 0 Å². The number of aromatic nitrogens is 2. The molecule has 0 aliphatic carbocycles. The van der Waals surface area contributed by atoms with Crippen molar-refractivity contribution in [2.75, 3.05) is 17.3 Å². The van der Waals surface area contributed by atoms with Crippen LogP contribution in [-0.2, 0) is 4.79 Å². The molecule has 7 heteroatoms. The van der Waals surface area contributed by atoms with E-state index >= 15 is 0 Å². The molecule has 0 saturated heterocycles. The lowest BCUT2D eigenvalue weighted by Crippen LogP contribution is -2.10. The predicted molar refractivity (Wildman–Crippen MR) is 85.8 cm³/mol. The summed E-state index contributed by atoms with van der Waals surface area (Å²) in [5, 5.41) is 9.47. The van der Waals surface area contributed by atoms with E-state index in [1.165, 1.54) is 23.9 Å². The zero-order valence-corrected chi connectivity index (χ0v) is 13.5. The molecule has 1 N–H and O–H groups in total. The molecule has 0 bridgehead atoms. The van der Waals surface area contributed by atoms with E-state index < -0.39 is 5.97 Å². The number of halogens is 1. The van der Waals surface area contributed by atoms with Crippen molar-refractivity contribution in [3.63, 3.8) is 0 Å². The Balaban J connectivity index is 2.42. The second-order valence-corrected chi connectivity index (χ2v) is 6.85. The van der Waals surface area contributed by atoms with E-state index in [-0.39, 0.29) is 17.6 Å². The summed E-state index contributed by atoms with van der Waals surface area (Å²) in [7, 11) is 0. The second kappa shape index (κ2) is 7.17. The number of nitrogens with zero attached hydrogens (tertiary/aromatic N) is 2. The van der Waals surface area contributed by atoms with Crippen LogP contribution in [0.3, 0.4) is 0 Å². The van der Waals surface area contributed by atoms with Gasteiger partial charge in [-0.3, -0.25) is 4.79 Å². The third kappa shape index (κ3) is 3.91. The molecule has 1 aromatic heterocycles. The molecule has 21 heavy (non-hydrogen) atoms. The lowest BCUT2D eigenvalue weighted by Gasteiger charge is -2.16. The summed E-state index contributed by atoms with van der Waals surface area (Å²) in [5.41, 5.74) is 1.41. The second-order valence-electron chi connectivity index (χ2n) is 4.59. The molecule has 4 nitrogen and oxygen atoms in total. The first-order valence-electron chi connectivity index (χ1n) is 6.62. The number of carboxylic acid groups (broad SMARTS) is 1. The first-order valence-corrected chi connectivity index (χ1v) is 8.76. The first-order chi connectivity index (χ1) is 10.0. The number of hydrogen-bond donors (Lipinski definition) is 1. The molecule has 2 aromatic rings. The summed E-state index contributed by atoms with van der Waals surface area (Å²) < 4.78 is 15.4. The largest absolute Gasteiger partial charge is 0.481 e. The van der Waals surface area contributed by atoms with Crippen LogP contribution in [0.2, 0.25) is 0 Å². The highest BCUT2D eigenvalue weighted by Crippen LogP contribution is 2.29. The van der Waals surface area contributed by atoms with E-state index in [0.717, 1.165) is 11.5 Å². The smallest absolute Gasteiger partial charge is 0.313 e. The number of imidazole rings is 1. The van der Waals surface area contributed by atoms with Crippen molar-refractivity contribution < 1.29 is 14.3 Å². The molecule has 0 spiro atoms. The third-order valence-corrected chi connectivity index (χ3v) is 5.01. The van der Waals surface area contributed by atoms with Gasteiger partial charge in [0.1, 0.15) is 5.82 Å². The Morgan fingerprint density at radius 3 is 2.95 bits per heavy atom. The Kier molecular flexibility index (Phi) is 5.52. The minimum atomic E-state index is -0.889. The van der Waals surface area contributed by atoms with E-state index in [0.29, 0.717) is 16.2 Å². The van der Waals surface area contributed by atoms with Crippen LogP contribution < -0.4 is 0 Å². The number of aliphatic carboxylic acids is 1. The monoisotopic (exact) mass is 328 g/mol. The molecule has 0 aliphatic rings. The lowest BCUT2D eigenvalue weighted by atomic mass is 10.3. The van der Waals surface area contributed by atoms with Crippen molar-refractivity contribution in [1.29, 1.82) is 0 Å². The Bertz CT molecular complexity index is 645. The maximum absolute atomic E-state index is 13.5. The van der Waals surface area contributed by atoms with Gasteiger partial charge in [-0.1, -0.05) is 18.7 Å². The number of hydrogen-bond acceptors (Lipinski definition) is 4. The minimum absolute atomic E-state index is 0.0561. The average molecular weight is 328 g/mol. The van der Waals surface area contributed by atoms with Gasteiger partial charge in [-0.15, -0.1) is 0 Å². The van der Waals surface area contributed by atoms with Crippen LogP contribution in [-0.4, -0.2) is 37.9 Å². The highest BCUT2D eigenvalue weighted by Gasteiger charge is 2.17. The molecule has 1 aromatic carbocycles. The Labute approximate surface area is 131 Å². The summed E-state index contributed by atoms with van der Waals surface area (Å²) in [6.07, 6.45) is 0. The summed E-state index contributed by atoms with van der Waals surface area (Å²) in [5.74, 6) is 0.621. The van der Waals surface area contributed by atoms with Gasteiger partial charge in [-0.2, -0.15) is 11.8 Å². The SMILES string of the molecule is CCSCC(C)n1c(SCC(=O)O)nc2ccc(F)cc21. The fourth-order valence-electron chi connectivity index (χ4n) is 2.06. The molecule has 0 aliphatic heterocycles. The van der Waals surface area contributed by atoms with E-state index in [1.54, 1.807) is 17.8 Å². The maximum Gasteiger partial charge on any atom is 0.313 e. The Morgan fingerprint density at radius 2 is 2.29 bits per heavy atom. The molecule has 0 amide bonds. The topological polar surface area (TPSA) is 55.1 Å². The Hall–Kier alpha value is -1.21. The van der Waals surface area contributed by atoms with Crippen LogP contribution in [0.4, 0.5) is 4.39 Å². The van der Waals surface area contributed by atoms with Gasteiger partial charge in [0, 0.05) is 11.8 Å². The fraction of sp³-hybridized carbons (Fsp3) is 0.429. The van der Waals surface area contributed by atoms with E-state index in [1.807, 2.05) is 11.5 Å². The number of fused-ring (bicyclic) bond motifs is 1. The third-order valence-electron chi connectivity index (χ3n) is 2.95. The molecule has 0 saturated carbocycles. The van der Waals surface area contributed by atoms with Crippen LogP contribution in [0, 0.1) is 5.82 Å². The summed E-state index contributed by atoms with van der Waals surface area (Å²) in [6.45, 7) is 4.13. The van der Waals surface area contributed by atoms with Gasteiger partial charge in [-0.25, -0.2) is 9.37 Å². The van der Waals surface area contributed by atoms with Gasteiger partial charge < -0.3 is 9.67 Å². The van der Waals surface area contributed by atoms with Gasteiger partial charge in [0.2, 0.25) is 0 Å². The average Bonchev–Trinajstić information content (AvgIpc) is 2.80. The first kappa shape index (κ1) is 16.2. The van der Waals surface area contributed by atoms with E-state index in [4.69, 9.17) is 5.11 Å². The molecular formula is C14H17FN2O2S2. The van der Waals surface area contributed by atoms with Gasteiger partial charge in [-0.05, 0) is 30.9 Å². The molecular weight excluding hydrogens is 311 g/mol. The van der Waals surface area contributed by atoms with Crippen LogP contribution in [0.25, 0.3) is 11.0 Å². The minimum Gasteiger partial charge on any atom is -0.481 e. The zero-order chi connectivity index (χ0) is 15.4. The number of rotatable bonds is 7. The molecule has 114 valence electrons. The van der Waals surface area contributed by atoms with Gasteiger partial charge >= 0.3 is 5.97 Å². The van der Waals surface area contributed by atoms with Crippen molar-refractivity contribution >= 4 is 40.5 Å². The molecule has 1 unspecified atom stereocenters. The van der Waals surface area contributed by atoms with Crippen molar-refractivity contribution in [1.82, 2.24) is 9.55 Å². The normalized spacial score (nSPS) is 12.7. The summed E-state index contributed by atoms with van der Waals surface area (Å²) in [4.78, 5) is 15.2. The zero-order valence-electron chi connectivity index (χ0n) is 11.9. The van der Waals surface area contributed by atoms with Crippen LogP contribution >= 0.6 is 23.5 Å². The predicted octanol–water partition coefficient (Wildman–Crippen LogP) is 3.67. The van der Waals surface area contributed by atoms with Crippen molar-refractivity contribution in [2.45, 2.75) is 25.0 Å². The van der Waals surface area contributed by atoms with Crippen LogP contribution in [0.1, 0.15) is 19.9 Å². The van der Waals surface area contributed by atoms with Crippen LogP contribution in [0.15, 0.2) is 23.4 Å². The van der Waals surface area contributed by atoms with Crippen molar-refractivity contribution in [3.8, 4) is 0 Å². The van der Waals surface area contributed by atoms with Gasteiger partial charge in [0.15, 0.2) is 5.16 Å². The molecule has 2 rings (SSSR count). The summed E-state index contributed by atoms with van der Waals surface area (Å²) >= 11 is 2.96. The molecule has 0 radical (unpaired) electrons. The molecule has 0 fully saturated rings. The highest BCUT2D eigenvalue weighted by molar-refractivity contribution is 7.99. The number of benzene rings is 1. The quantitative estimate of drug-likeness (QED) is 0.786. The van der Waals surface area contributed by atoms with Crippen molar-refractivity contribution in [3.05, 3.63) is 24.0 Å². The Morgan fingerprint density at radius 1 is 1.52 bits per heavy atom. The van der Waals surface area contributed by atoms with Gasteiger partial charge in [0.25, 0.3) is 0 Å². The van der Waals surface area contributed by atoms with E-state index in [9.17, 15) is 9.18 Å². The highest BCUT2D eigenvalue weighted by atomic mass is 32.2. The lowest BCUT2D eigenvalue weighted by molar-refractivity contribution is -0.133. The molecule has 1 atom stereocenters. The van der Waals surface area contributed by atoms with Gasteiger partial charge in [0.05, 0.1) is 16.8 Å². The number of carboxylic acids is 1. The number of carbonyl (C=O) groups is 1. The summed E-state index contributed by atoms with van der Waals surface area (Å²) in [6, 6.07) is 4.58. The molecule has 1 heterocycles. The number of thioether (sulfide) groups is 2. The van der Waals surface area contributed by atoms with Crippen molar-refractivity contribution in [2.24, 2.45) is 0 Å².